The number of morpholine rings is 1. The molecule has 9 heteroatoms. The molecule has 8 nitrogen and oxygen atoms in total. The predicted molar refractivity (Wildman–Crippen MR) is 122 cm³/mol. The maximum atomic E-state index is 5.54. The third-order valence-electron chi connectivity index (χ3n) is 5.19. The van der Waals surface area contributed by atoms with Crippen molar-refractivity contribution in [2.45, 2.75) is 46.2 Å². The molecule has 0 bridgehead atoms. The minimum atomic E-state index is 0.481. The first-order chi connectivity index (χ1) is 14.0. The van der Waals surface area contributed by atoms with E-state index in [9.17, 15) is 0 Å². The summed E-state index contributed by atoms with van der Waals surface area (Å²) >= 11 is 1.87. The number of aliphatic imine (C=N–C) groups is 1. The zero-order valence-electron chi connectivity index (χ0n) is 18.8. The van der Waals surface area contributed by atoms with E-state index in [2.05, 4.69) is 45.8 Å². The van der Waals surface area contributed by atoms with Gasteiger partial charge in [-0.05, 0) is 37.7 Å². The van der Waals surface area contributed by atoms with E-state index in [1.54, 1.807) is 0 Å². The van der Waals surface area contributed by atoms with Gasteiger partial charge in [-0.2, -0.15) is 11.8 Å². The van der Waals surface area contributed by atoms with E-state index in [4.69, 9.17) is 9.73 Å². The molecule has 2 N–H and O–H groups in total. The van der Waals surface area contributed by atoms with Crippen molar-refractivity contribution in [2.24, 2.45) is 18.0 Å². The Morgan fingerprint density at radius 2 is 2.00 bits per heavy atom. The number of aryl methyl sites for hydroxylation is 1. The van der Waals surface area contributed by atoms with Crippen molar-refractivity contribution in [3.63, 3.8) is 0 Å². The van der Waals surface area contributed by atoms with E-state index < -0.39 is 0 Å². The van der Waals surface area contributed by atoms with E-state index >= 15 is 0 Å². The van der Waals surface area contributed by atoms with E-state index in [0.29, 0.717) is 18.5 Å². The number of nitrogens with zero attached hydrogens (tertiary/aromatic N) is 5. The van der Waals surface area contributed by atoms with Crippen molar-refractivity contribution in [3.8, 4) is 0 Å². The lowest BCUT2D eigenvalue weighted by Crippen LogP contribution is -2.51. The number of hydrogen-bond acceptors (Lipinski definition) is 6. The van der Waals surface area contributed by atoms with Gasteiger partial charge in [0, 0.05) is 39.3 Å². The Bertz CT molecular complexity index is 614. The summed E-state index contributed by atoms with van der Waals surface area (Å²) in [5.41, 5.74) is 0. The van der Waals surface area contributed by atoms with Crippen molar-refractivity contribution in [2.75, 3.05) is 51.4 Å². The summed E-state index contributed by atoms with van der Waals surface area (Å²) in [7, 11) is 1.98. The van der Waals surface area contributed by atoms with Crippen LogP contribution < -0.4 is 10.6 Å². The Kier molecular flexibility index (Phi) is 10.8. The third kappa shape index (κ3) is 8.52. The molecule has 0 spiro atoms. The Hall–Kier alpha value is -1.32. The Morgan fingerprint density at radius 1 is 1.24 bits per heavy atom. The molecule has 1 unspecified atom stereocenters. The van der Waals surface area contributed by atoms with Crippen LogP contribution in [-0.4, -0.2) is 83.1 Å². The molecular weight excluding hydrogens is 386 g/mol. The van der Waals surface area contributed by atoms with Crippen molar-refractivity contribution >= 4 is 17.7 Å². The third-order valence-corrected chi connectivity index (χ3v) is 5.89. The first-order valence-electron chi connectivity index (χ1n) is 10.7. The molecule has 1 aliphatic heterocycles. The first kappa shape index (κ1) is 24.0. The van der Waals surface area contributed by atoms with E-state index in [-0.39, 0.29) is 0 Å². The van der Waals surface area contributed by atoms with E-state index in [0.717, 1.165) is 75.6 Å². The fraction of sp³-hybridized carbons (Fsp3) is 0.850. The maximum absolute atomic E-state index is 5.54. The average Bonchev–Trinajstić information content (AvgIpc) is 3.04. The highest BCUT2D eigenvalue weighted by atomic mass is 32.2. The molecule has 1 aromatic heterocycles. The van der Waals surface area contributed by atoms with Crippen LogP contribution in [-0.2, 0) is 18.3 Å². The summed E-state index contributed by atoms with van der Waals surface area (Å²) in [5.74, 6) is 4.43. The number of thioether (sulfide) groups is 1. The average molecular weight is 426 g/mol. The second-order valence-corrected chi connectivity index (χ2v) is 8.96. The highest BCUT2D eigenvalue weighted by Gasteiger charge is 2.22. The van der Waals surface area contributed by atoms with Crippen LogP contribution in [0, 0.1) is 12.8 Å². The molecule has 166 valence electrons. The van der Waals surface area contributed by atoms with Crippen molar-refractivity contribution < 1.29 is 4.74 Å². The number of rotatable bonds is 11. The lowest BCUT2D eigenvalue weighted by atomic mass is 10.0. The Labute approximate surface area is 180 Å². The first-order valence-corrected chi connectivity index (χ1v) is 12.1. The van der Waals surface area contributed by atoms with Gasteiger partial charge in [0.25, 0.3) is 0 Å². The Morgan fingerprint density at radius 3 is 2.62 bits per heavy atom. The highest BCUT2D eigenvalue weighted by Crippen LogP contribution is 2.13. The van der Waals surface area contributed by atoms with Gasteiger partial charge in [-0.1, -0.05) is 13.8 Å². The van der Waals surface area contributed by atoms with Gasteiger partial charge in [0.05, 0.1) is 13.2 Å². The van der Waals surface area contributed by atoms with Gasteiger partial charge in [-0.15, -0.1) is 10.2 Å². The van der Waals surface area contributed by atoms with Gasteiger partial charge in [-0.3, -0.25) is 4.90 Å². The van der Waals surface area contributed by atoms with Crippen molar-refractivity contribution in [1.82, 2.24) is 30.3 Å². The summed E-state index contributed by atoms with van der Waals surface area (Å²) in [5, 5.41) is 15.4. The number of hydrogen-bond donors (Lipinski definition) is 2. The summed E-state index contributed by atoms with van der Waals surface area (Å²) in [4.78, 5) is 7.33. The van der Waals surface area contributed by atoms with Gasteiger partial charge in [-0.25, -0.2) is 4.99 Å². The standard InChI is InChI=1S/C20H39N7OS/c1-16(2)13-18(27-8-10-28-11-9-27)14-22-20(21-7-6-12-29-5)23-15-19-25-24-17(3)26(19)4/h16,18H,6-15H2,1-5H3,(H2,21,22,23). The van der Waals surface area contributed by atoms with Crippen LogP contribution in [0.25, 0.3) is 0 Å². The fourth-order valence-electron chi connectivity index (χ4n) is 3.40. The number of nitrogens with one attached hydrogen (secondary N) is 2. The molecule has 1 aliphatic rings. The van der Waals surface area contributed by atoms with Gasteiger partial charge in [0.1, 0.15) is 12.4 Å². The number of guanidine groups is 1. The maximum Gasteiger partial charge on any atom is 0.191 e. The second-order valence-electron chi connectivity index (χ2n) is 7.97. The number of ether oxygens (including phenoxy) is 1. The molecule has 0 aromatic carbocycles. The Balaban J connectivity index is 1.99. The molecular formula is C20H39N7OS. The molecule has 1 fully saturated rings. The summed E-state index contributed by atoms with van der Waals surface area (Å²) < 4.78 is 7.53. The predicted octanol–water partition coefficient (Wildman–Crippen LogP) is 1.66. The van der Waals surface area contributed by atoms with Crippen LogP contribution in [0.4, 0.5) is 0 Å². The van der Waals surface area contributed by atoms with Gasteiger partial charge >= 0.3 is 0 Å². The summed E-state index contributed by atoms with van der Waals surface area (Å²) in [6.45, 7) is 12.5. The minimum absolute atomic E-state index is 0.481. The smallest absolute Gasteiger partial charge is 0.191 e. The van der Waals surface area contributed by atoms with Crippen molar-refractivity contribution in [1.29, 1.82) is 0 Å². The van der Waals surface area contributed by atoms with Crippen LogP contribution in [0.1, 0.15) is 38.3 Å². The topological polar surface area (TPSA) is 79.6 Å². The summed E-state index contributed by atoms with van der Waals surface area (Å²) in [6, 6.07) is 0.481. The molecule has 2 rings (SSSR count). The minimum Gasteiger partial charge on any atom is -0.379 e. The van der Waals surface area contributed by atoms with Crippen molar-refractivity contribution in [3.05, 3.63) is 11.6 Å². The van der Waals surface area contributed by atoms with Crippen LogP contribution >= 0.6 is 11.8 Å². The molecule has 0 saturated carbocycles. The normalized spacial score (nSPS) is 17.0. The second kappa shape index (κ2) is 13.1. The van der Waals surface area contributed by atoms with Crippen LogP contribution in [0.3, 0.4) is 0 Å². The van der Waals surface area contributed by atoms with E-state index in [1.165, 1.54) is 0 Å². The van der Waals surface area contributed by atoms with Crippen LogP contribution in [0.15, 0.2) is 4.99 Å². The quantitative estimate of drug-likeness (QED) is 0.317. The summed E-state index contributed by atoms with van der Waals surface area (Å²) in [6.07, 6.45) is 4.42. The monoisotopic (exact) mass is 425 g/mol. The molecule has 0 aliphatic carbocycles. The largest absolute Gasteiger partial charge is 0.379 e. The SMILES string of the molecule is CSCCCNC(=NCc1nnc(C)n1C)NCC(CC(C)C)N1CCOCC1. The van der Waals surface area contributed by atoms with Crippen LogP contribution in [0.5, 0.6) is 0 Å². The molecule has 29 heavy (non-hydrogen) atoms. The van der Waals surface area contributed by atoms with Gasteiger partial charge in [0.2, 0.25) is 0 Å². The zero-order chi connectivity index (χ0) is 21.1. The lowest BCUT2D eigenvalue weighted by molar-refractivity contribution is 0.0132. The molecule has 1 aromatic rings. The highest BCUT2D eigenvalue weighted by molar-refractivity contribution is 7.98. The molecule has 1 saturated heterocycles. The van der Waals surface area contributed by atoms with Gasteiger partial charge in [0.15, 0.2) is 11.8 Å². The van der Waals surface area contributed by atoms with E-state index in [1.807, 2.05) is 30.3 Å². The van der Waals surface area contributed by atoms with Gasteiger partial charge < -0.3 is 19.9 Å². The molecule has 2 heterocycles. The lowest BCUT2D eigenvalue weighted by Gasteiger charge is -2.35. The molecule has 0 radical (unpaired) electrons. The molecule has 0 amide bonds. The zero-order valence-corrected chi connectivity index (χ0v) is 19.6. The number of aromatic nitrogens is 3. The molecule has 1 atom stereocenters. The fourth-order valence-corrected chi connectivity index (χ4v) is 3.83. The van der Waals surface area contributed by atoms with Crippen LogP contribution in [0.2, 0.25) is 0 Å².